The van der Waals surface area contributed by atoms with Crippen LogP contribution in [0.25, 0.3) is 5.76 Å². The van der Waals surface area contributed by atoms with Crippen molar-refractivity contribution in [2.45, 2.75) is 59.6 Å². The molecule has 1 saturated heterocycles. The molecule has 1 aliphatic heterocycles. The van der Waals surface area contributed by atoms with Gasteiger partial charge in [0.15, 0.2) is 0 Å². The molecule has 0 aliphatic carbocycles. The second-order valence-electron chi connectivity index (χ2n) is 8.50. The summed E-state index contributed by atoms with van der Waals surface area (Å²) in [6, 6.07) is 12.0. The van der Waals surface area contributed by atoms with Crippen molar-refractivity contribution in [3.8, 4) is 11.5 Å². The fraction of sp³-hybridized carbons (Fsp3) is 0.407. The SMILES string of the molecule is CCCCN1C(=O)C(=O)/C(=C(/O)c2ccc(OC(C)C)c(C)c2)C1c1cccc(OCC)c1. The lowest BCUT2D eigenvalue weighted by Gasteiger charge is -2.25. The zero-order valence-electron chi connectivity index (χ0n) is 20.1. The molecule has 33 heavy (non-hydrogen) atoms. The van der Waals surface area contributed by atoms with E-state index in [9.17, 15) is 14.7 Å². The van der Waals surface area contributed by atoms with E-state index >= 15 is 0 Å². The van der Waals surface area contributed by atoms with Crippen molar-refractivity contribution in [3.05, 3.63) is 64.7 Å². The van der Waals surface area contributed by atoms with Gasteiger partial charge in [-0.05, 0) is 75.6 Å². The van der Waals surface area contributed by atoms with Crippen molar-refractivity contribution < 1.29 is 24.2 Å². The Morgan fingerprint density at radius 1 is 1.12 bits per heavy atom. The summed E-state index contributed by atoms with van der Waals surface area (Å²) in [5, 5.41) is 11.3. The van der Waals surface area contributed by atoms with Gasteiger partial charge in [-0.25, -0.2) is 0 Å². The first-order chi connectivity index (χ1) is 15.8. The van der Waals surface area contributed by atoms with E-state index in [1.165, 1.54) is 0 Å². The Morgan fingerprint density at radius 2 is 1.88 bits per heavy atom. The molecule has 176 valence electrons. The van der Waals surface area contributed by atoms with E-state index in [0.29, 0.717) is 30.2 Å². The molecule has 0 bridgehead atoms. The quantitative estimate of drug-likeness (QED) is 0.314. The van der Waals surface area contributed by atoms with Crippen LogP contribution in [-0.2, 0) is 9.59 Å². The molecular weight excluding hydrogens is 418 g/mol. The number of aliphatic hydroxyl groups excluding tert-OH is 1. The fourth-order valence-electron chi connectivity index (χ4n) is 4.07. The molecule has 1 heterocycles. The first kappa shape index (κ1) is 24.4. The van der Waals surface area contributed by atoms with Crippen molar-refractivity contribution in [2.24, 2.45) is 0 Å². The number of carbonyl (C=O) groups is 2. The Bertz CT molecular complexity index is 1060. The summed E-state index contributed by atoms with van der Waals surface area (Å²) >= 11 is 0. The Balaban J connectivity index is 2.12. The Hall–Kier alpha value is -3.28. The highest BCUT2D eigenvalue weighted by molar-refractivity contribution is 6.46. The highest BCUT2D eigenvalue weighted by atomic mass is 16.5. The maximum absolute atomic E-state index is 13.1. The third-order valence-corrected chi connectivity index (χ3v) is 5.59. The lowest BCUT2D eigenvalue weighted by Crippen LogP contribution is -2.30. The van der Waals surface area contributed by atoms with Crippen LogP contribution in [0, 0.1) is 6.92 Å². The predicted molar refractivity (Wildman–Crippen MR) is 128 cm³/mol. The lowest BCUT2D eigenvalue weighted by atomic mass is 9.94. The van der Waals surface area contributed by atoms with Crippen molar-refractivity contribution in [3.63, 3.8) is 0 Å². The standard InChI is InChI=1S/C27H33NO5/c1-6-8-14-28-24(19-10-9-11-21(16-19)32-7-2)23(26(30)27(28)31)25(29)20-12-13-22(18(5)15-20)33-17(3)4/h9-13,15-17,24,29H,6-8,14H2,1-5H3/b25-23+. The van der Waals surface area contributed by atoms with Crippen LogP contribution in [0.1, 0.15) is 63.3 Å². The first-order valence-electron chi connectivity index (χ1n) is 11.6. The average Bonchev–Trinajstić information content (AvgIpc) is 3.03. The van der Waals surface area contributed by atoms with E-state index in [-0.39, 0.29) is 17.4 Å². The summed E-state index contributed by atoms with van der Waals surface area (Å²) in [6.45, 7) is 10.6. The number of hydrogen-bond acceptors (Lipinski definition) is 5. The number of rotatable bonds is 9. The van der Waals surface area contributed by atoms with Crippen LogP contribution in [0.5, 0.6) is 11.5 Å². The highest BCUT2D eigenvalue weighted by Crippen LogP contribution is 2.40. The van der Waals surface area contributed by atoms with Gasteiger partial charge in [-0.3, -0.25) is 9.59 Å². The topological polar surface area (TPSA) is 76.1 Å². The molecule has 0 radical (unpaired) electrons. The maximum atomic E-state index is 13.1. The molecule has 0 aromatic heterocycles. The number of nitrogens with zero attached hydrogens (tertiary/aromatic N) is 1. The third kappa shape index (κ3) is 5.21. The van der Waals surface area contributed by atoms with Crippen LogP contribution < -0.4 is 9.47 Å². The van der Waals surface area contributed by atoms with Gasteiger partial charge in [0.25, 0.3) is 11.7 Å². The van der Waals surface area contributed by atoms with E-state index in [1.807, 2.05) is 58.9 Å². The number of ether oxygens (including phenoxy) is 2. The predicted octanol–water partition coefficient (Wildman–Crippen LogP) is 5.40. The molecule has 3 rings (SSSR count). The number of aryl methyl sites for hydroxylation is 1. The normalized spacial score (nSPS) is 17.6. The van der Waals surface area contributed by atoms with Crippen LogP contribution in [0.2, 0.25) is 0 Å². The molecule has 2 aromatic rings. The largest absolute Gasteiger partial charge is 0.507 e. The third-order valence-electron chi connectivity index (χ3n) is 5.59. The second kappa shape index (κ2) is 10.6. The Labute approximate surface area is 195 Å². The number of hydrogen-bond donors (Lipinski definition) is 1. The van der Waals surface area contributed by atoms with Gasteiger partial charge in [0, 0.05) is 12.1 Å². The van der Waals surface area contributed by atoms with Gasteiger partial charge in [0.05, 0.1) is 24.3 Å². The number of amides is 1. The Kier molecular flexibility index (Phi) is 7.79. The zero-order valence-corrected chi connectivity index (χ0v) is 20.1. The van der Waals surface area contributed by atoms with Gasteiger partial charge >= 0.3 is 0 Å². The monoisotopic (exact) mass is 451 g/mol. The van der Waals surface area contributed by atoms with Crippen molar-refractivity contribution in [1.82, 2.24) is 4.90 Å². The molecule has 2 aromatic carbocycles. The summed E-state index contributed by atoms with van der Waals surface area (Å²) in [5.41, 5.74) is 2.14. The number of likely N-dealkylation sites (tertiary alicyclic amines) is 1. The summed E-state index contributed by atoms with van der Waals surface area (Å²) in [7, 11) is 0. The molecule has 1 N–H and O–H groups in total. The van der Waals surface area contributed by atoms with Crippen LogP contribution in [0.3, 0.4) is 0 Å². The van der Waals surface area contributed by atoms with Crippen molar-refractivity contribution in [1.29, 1.82) is 0 Å². The number of ketones is 1. The number of benzene rings is 2. The molecule has 0 saturated carbocycles. The van der Waals surface area contributed by atoms with Gasteiger partial charge in [0.2, 0.25) is 0 Å². The minimum absolute atomic E-state index is 0.0182. The van der Waals surface area contributed by atoms with E-state index < -0.39 is 17.7 Å². The van der Waals surface area contributed by atoms with E-state index in [1.54, 1.807) is 23.1 Å². The van der Waals surface area contributed by atoms with Crippen molar-refractivity contribution in [2.75, 3.05) is 13.2 Å². The second-order valence-corrected chi connectivity index (χ2v) is 8.50. The zero-order chi connectivity index (χ0) is 24.1. The van der Waals surface area contributed by atoms with Gasteiger partial charge in [0.1, 0.15) is 17.3 Å². The number of aliphatic hydroxyl groups is 1. The van der Waals surface area contributed by atoms with E-state index in [4.69, 9.17) is 9.47 Å². The number of unbranched alkanes of at least 4 members (excludes halogenated alkanes) is 1. The molecule has 6 heteroatoms. The summed E-state index contributed by atoms with van der Waals surface area (Å²) in [5.74, 6) is -0.0738. The van der Waals surface area contributed by atoms with Crippen LogP contribution in [0.4, 0.5) is 0 Å². The van der Waals surface area contributed by atoms with Gasteiger partial charge in [-0.1, -0.05) is 25.5 Å². The first-order valence-corrected chi connectivity index (χ1v) is 11.6. The van der Waals surface area contributed by atoms with Crippen LogP contribution in [0.15, 0.2) is 48.0 Å². The molecule has 6 nitrogen and oxygen atoms in total. The van der Waals surface area contributed by atoms with Gasteiger partial charge in [-0.2, -0.15) is 0 Å². The molecule has 1 unspecified atom stereocenters. The Morgan fingerprint density at radius 3 is 2.52 bits per heavy atom. The minimum atomic E-state index is -0.677. The molecule has 1 atom stereocenters. The molecule has 1 fully saturated rings. The van der Waals surface area contributed by atoms with Crippen molar-refractivity contribution >= 4 is 17.4 Å². The average molecular weight is 452 g/mol. The smallest absolute Gasteiger partial charge is 0.295 e. The summed E-state index contributed by atoms with van der Waals surface area (Å²) < 4.78 is 11.4. The molecular formula is C27H33NO5. The summed E-state index contributed by atoms with van der Waals surface area (Å²) in [4.78, 5) is 27.7. The highest BCUT2D eigenvalue weighted by Gasteiger charge is 2.45. The molecule has 0 spiro atoms. The van der Waals surface area contributed by atoms with E-state index in [2.05, 4.69) is 0 Å². The maximum Gasteiger partial charge on any atom is 0.295 e. The molecule has 1 amide bonds. The van der Waals surface area contributed by atoms with Gasteiger partial charge < -0.3 is 19.5 Å². The fourth-order valence-corrected chi connectivity index (χ4v) is 4.07. The minimum Gasteiger partial charge on any atom is -0.507 e. The van der Waals surface area contributed by atoms with Crippen LogP contribution in [-0.4, -0.2) is 41.0 Å². The van der Waals surface area contributed by atoms with Gasteiger partial charge in [-0.15, -0.1) is 0 Å². The molecule has 1 aliphatic rings. The van der Waals surface area contributed by atoms with E-state index in [0.717, 1.165) is 24.0 Å². The number of carbonyl (C=O) groups excluding carboxylic acids is 2. The van der Waals surface area contributed by atoms with Crippen LogP contribution >= 0.6 is 0 Å². The lowest BCUT2D eigenvalue weighted by molar-refractivity contribution is -0.139. The summed E-state index contributed by atoms with van der Waals surface area (Å²) in [6.07, 6.45) is 1.66. The number of Topliss-reactive ketones (excluding diaryl/α,β-unsaturated/α-hetero) is 1.